The number of H-pyrrole nitrogens is 2. The summed E-state index contributed by atoms with van der Waals surface area (Å²) >= 11 is 0. The fraction of sp³-hybridized carbons (Fsp3) is 0.632. The van der Waals surface area contributed by atoms with Crippen LogP contribution in [0.3, 0.4) is 0 Å². The first-order valence-electron chi connectivity index (χ1n) is 20.5. The van der Waals surface area contributed by atoms with Crippen LogP contribution in [0.1, 0.15) is 127 Å². The van der Waals surface area contributed by atoms with Gasteiger partial charge in [-0.05, 0) is 75.3 Å². The number of nitrogens with one attached hydrogen (secondary N) is 4. The van der Waals surface area contributed by atoms with Crippen LogP contribution in [0.2, 0.25) is 0 Å². The fourth-order valence-corrected chi connectivity index (χ4v) is 13.9. The smallest absolute Gasteiger partial charge is 0.214 e. The Morgan fingerprint density at radius 2 is 1.04 bits per heavy atom. The standard InChI is InChI=1S/2C19H26N6O2S/c2*1-2-12-9-13(24-28(26,27)14-5-3-4-6-14)10-15(12)19-23-22-17-11-21-18-16(25(17)19)7-8-20-18/h2*7-8,11-15,20,24H,2-6,9-10H2,1H3/t2*12-,13+,15+/m10/s1. The number of sulfonamides is 2. The van der Waals surface area contributed by atoms with Gasteiger partial charge in [0.25, 0.3) is 0 Å². The summed E-state index contributed by atoms with van der Waals surface area (Å²) in [6.07, 6.45) is 19.6. The molecule has 4 saturated carbocycles. The van der Waals surface area contributed by atoms with Crippen LogP contribution in [0.15, 0.2) is 36.9 Å². The predicted molar refractivity (Wildman–Crippen MR) is 213 cm³/mol. The van der Waals surface area contributed by atoms with Gasteiger partial charge in [0.1, 0.15) is 11.6 Å². The molecule has 4 N–H and O–H groups in total. The van der Waals surface area contributed by atoms with Gasteiger partial charge in [0.05, 0.1) is 33.9 Å². The van der Waals surface area contributed by atoms with Crippen molar-refractivity contribution in [2.75, 3.05) is 0 Å². The molecule has 0 aliphatic heterocycles. The molecule has 6 aromatic heterocycles. The minimum Gasteiger partial charge on any atom is -0.345 e. The molecule has 0 amide bonds. The Hall–Kier alpha value is -4.00. The maximum Gasteiger partial charge on any atom is 0.214 e. The second-order valence-corrected chi connectivity index (χ2v) is 20.5. The number of nitrogens with zero attached hydrogens (tertiary/aromatic N) is 8. The van der Waals surface area contributed by atoms with E-state index >= 15 is 0 Å². The average molecular weight is 805 g/mol. The molecule has 56 heavy (non-hydrogen) atoms. The molecule has 6 aromatic rings. The Bertz CT molecular complexity index is 2370. The molecule has 300 valence electrons. The lowest BCUT2D eigenvalue weighted by atomic mass is 9.93. The van der Waals surface area contributed by atoms with Crippen molar-refractivity contribution in [2.45, 2.75) is 138 Å². The number of rotatable bonds is 10. The van der Waals surface area contributed by atoms with Gasteiger partial charge in [-0.3, -0.25) is 8.80 Å². The Balaban J connectivity index is 0.000000146. The van der Waals surface area contributed by atoms with Crippen LogP contribution in [0, 0.1) is 11.8 Å². The van der Waals surface area contributed by atoms with Gasteiger partial charge in [-0.15, -0.1) is 20.4 Å². The van der Waals surface area contributed by atoms with Crippen molar-refractivity contribution in [2.24, 2.45) is 11.8 Å². The molecule has 10 rings (SSSR count). The molecule has 0 aromatic carbocycles. The van der Waals surface area contributed by atoms with E-state index in [4.69, 9.17) is 0 Å². The van der Waals surface area contributed by atoms with Crippen LogP contribution >= 0.6 is 0 Å². The molecule has 4 aliphatic rings. The molecule has 0 spiro atoms. The highest BCUT2D eigenvalue weighted by Gasteiger charge is 2.42. The molecule has 0 bridgehead atoms. The van der Waals surface area contributed by atoms with Crippen molar-refractivity contribution in [1.29, 1.82) is 0 Å². The molecule has 6 heterocycles. The van der Waals surface area contributed by atoms with E-state index in [1.165, 1.54) is 0 Å². The Kier molecular flexibility index (Phi) is 10.1. The first-order chi connectivity index (χ1) is 27.1. The van der Waals surface area contributed by atoms with Gasteiger partial charge >= 0.3 is 0 Å². The van der Waals surface area contributed by atoms with Crippen molar-refractivity contribution < 1.29 is 16.8 Å². The molecule has 4 aliphatic carbocycles. The molecule has 18 heteroatoms. The molecule has 0 unspecified atom stereocenters. The topological polar surface area (TPSA) is 210 Å². The Morgan fingerprint density at radius 3 is 1.43 bits per heavy atom. The van der Waals surface area contributed by atoms with Crippen LogP contribution in [0.5, 0.6) is 0 Å². The van der Waals surface area contributed by atoms with Crippen molar-refractivity contribution in [3.63, 3.8) is 0 Å². The Labute approximate surface area is 326 Å². The van der Waals surface area contributed by atoms with Gasteiger partial charge in [-0.2, -0.15) is 0 Å². The quantitative estimate of drug-likeness (QED) is 0.137. The summed E-state index contributed by atoms with van der Waals surface area (Å²) < 4.78 is 61.3. The summed E-state index contributed by atoms with van der Waals surface area (Å²) in [4.78, 5) is 15.0. The van der Waals surface area contributed by atoms with Gasteiger partial charge < -0.3 is 9.97 Å². The maximum atomic E-state index is 12.8. The van der Waals surface area contributed by atoms with Crippen molar-refractivity contribution in [3.8, 4) is 0 Å². The number of aromatic nitrogens is 10. The third kappa shape index (κ3) is 6.89. The van der Waals surface area contributed by atoms with E-state index < -0.39 is 20.0 Å². The summed E-state index contributed by atoms with van der Waals surface area (Å²) in [6, 6.07) is 3.91. The molecule has 6 atom stereocenters. The van der Waals surface area contributed by atoms with Crippen LogP contribution < -0.4 is 9.44 Å². The number of hydrogen-bond acceptors (Lipinski definition) is 10. The molecule has 0 radical (unpaired) electrons. The summed E-state index contributed by atoms with van der Waals surface area (Å²) in [5.74, 6) is 2.94. The normalized spacial score (nSPS) is 26.7. The van der Waals surface area contributed by atoms with Crippen LogP contribution in [-0.2, 0) is 20.0 Å². The zero-order valence-corrected chi connectivity index (χ0v) is 33.6. The fourth-order valence-electron chi connectivity index (χ4n) is 10.3. The second kappa shape index (κ2) is 15.1. The minimum atomic E-state index is -3.24. The molecule has 16 nitrogen and oxygen atoms in total. The zero-order valence-electron chi connectivity index (χ0n) is 32.0. The number of hydrogen-bond donors (Lipinski definition) is 4. The van der Waals surface area contributed by atoms with Crippen LogP contribution in [0.4, 0.5) is 0 Å². The molecule has 4 fully saturated rings. The first kappa shape index (κ1) is 37.6. The monoisotopic (exact) mass is 804 g/mol. The highest BCUT2D eigenvalue weighted by atomic mass is 32.2. The Morgan fingerprint density at radius 1 is 0.625 bits per heavy atom. The third-order valence-corrected chi connectivity index (χ3v) is 17.2. The van der Waals surface area contributed by atoms with Crippen molar-refractivity contribution in [3.05, 3.63) is 48.6 Å². The molecular formula is C38H52N12O4S2. The SMILES string of the molecule is CC[C@@H]1C[C@H](NS(=O)(=O)C2CCCC2)C[C@@H]1c1nnc2cnc3[nH]ccc3n12.CC[C@H]1C[C@@H](NS(=O)(=O)C2CCCC2)C[C@H]1c1nnc2cnc3[nH]ccc3n12. The van der Waals surface area contributed by atoms with Gasteiger partial charge in [0, 0.05) is 36.3 Å². The van der Waals surface area contributed by atoms with Gasteiger partial charge in [-0.1, -0.05) is 52.4 Å². The van der Waals surface area contributed by atoms with Crippen LogP contribution in [-0.4, -0.2) is 88.6 Å². The summed E-state index contributed by atoms with van der Waals surface area (Å²) in [5.41, 5.74) is 4.99. The summed E-state index contributed by atoms with van der Waals surface area (Å²) in [7, 11) is -6.49. The summed E-state index contributed by atoms with van der Waals surface area (Å²) in [6.45, 7) is 4.34. The molecular weight excluding hydrogens is 753 g/mol. The lowest BCUT2D eigenvalue weighted by molar-refractivity contribution is 0.449. The van der Waals surface area contributed by atoms with E-state index in [2.05, 4.69) is 72.4 Å². The lowest BCUT2D eigenvalue weighted by Gasteiger charge is -2.17. The first-order valence-corrected chi connectivity index (χ1v) is 23.6. The average Bonchev–Trinajstić information content (AvgIpc) is 4.02. The van der Waals surface area contributed by atoms with E-state index in [1.807, 2.05) is 24.5 Å². The van der Waals surface area contributed by atoms with E-state index in [1.54, 1.807) is 12.4 Å². The second-order valence-electron chi connectivity index (χ2n) is 16.5. The predicted octanol–water partition coefficient (Wildman–Crippen LogP) is 5.48. The third-order valence-electron chi connectivity index (χ3n) is 13.2. The number of aromatic amines is 2. The summed E-state index contributed by atoms with van der Waals surface area (Å²) in [5, 5.41) is 17.2. The van der Waals surface area contributed by atoms with Gasteiger partial charge in [0.15, 0.2) is 22.6 Å². The van der Waals surface area contributed by atoms with E-state index in [0.717, 1.165) is 135 Å². The minimum absolute atomic E-state index is 0.0311. The molecule has 0 saturated heterocycles. The highest BCUT2D eigenvalue weighted by molar-refractivity contribution is 7.90. The van der Waals surface area contributed by atoms with Crippen molar-refractivity contribution >= 4 is 53.7 Å². The van der Waals surface area contributed by atoms with Gasteiger partial charge in [-0.25, -0.2) is 36.2 Å². The van der Waals surface area contributed by atoms with Crippen molar-refractivity contribution in [1.82, 2.24) is 58.6 Å². The van der Waals surface area contributed by atoms with E-state index in [9.17, 15) is 16.8 Å². The largest absolute Gasteiger partial charge is 0.345 e. The maximum absolute atomic E-state index is 12.8. The number of fused-ring (bicyclic) bond motifs is 6. The highest BCUT2D eigenvalue weighted by Crippen LogP contribution is 2.43. The van der Waals surface area contributed by atoms with E-state index in [0.29, 0.717) is 11.8 Å². The lowest BCUT2D eigenvalue weighted by Crippen LogP contribution is -2.39. The zero-order chi connectivity index (χ0) is 38.6. The van der Waals surface area contributed by atoms with E-state index in [-0.39, 0.29) is 34.4 Å². The van der Waals surface area contributed by atoms with Gasteiger partial charge in [0.2, 0.25) is 20.0 Å². The van der Waals surface area contributed by atoms with Crippen LogP contribution in [0.25, 0.3) is 33.6 Å².